The lowest BCUT2D eigenvalue weighted by Crippen LogP contribution is -2.45. The minimum atomic E-state index is 0.175. The van der Waals surface area contributed by atoms with Gasteiger partial charge >= 0.3 is 0 Å². The van der Waals surface area contributed by atoms with E-state index in [9.17, 15) is 0 Å². The van der Waals surface area contributed by atoms with E-state index in [0.29, 0.717) is 12.1 Å². The lowest BCUT2D eigenvalue weighted by molar-refractivity contribution is 0.129. The Hall–Kier alpha value is -0.420. The fourth-order valence-corrected chi connectivity index (χ4v) is 3.95. The van der Waals surface area contributed by atoms with Gasteiger partial charge in [0.15, 0.2) is 0 Å². The molecule has 4 heteroatoms. The standard InChI is InChI=1S/C14H25N3S/c1-11-10-16(3)7-5-8-17(11)14(12(2)15)13-6-4-9-18-13/h4,6,9,11-12,14H,5,7-8,10,15H2,1-3H3. The smallest absolute Gasteiger partial charge is 0.0593 e. The Morgan fingerprint density at radius 1 is 1.44 bits per heavy atom. The van der Waals surface area contributed by atoms with Gasteiger partial charge in [0.1, 0.15) is 0 Å². The number of hydrogen-bond acceptors (Lipinski definition) is 4. The van der Waals surface area contributed by atoms with Crippen molar-refractivity contribution < 1.29 is 0 Å². The third kappa shape index (κ3) is 3.12. The molecule has 0 bridgehead atoms. The largest absolute Gasteiger partial charge is 0.326 e. The van der Waals surface area contributed by atoms with E-state index in [0.717, 1.165) is 13.1 Å². The highest BCUT2D eigenvalue weighted by atomic mass is 32.1. The van der Waals surface area contributed by atoms with Crippen LogP contribution < -0.4 is 5.73 Å². The van der Waals surface area contributed by atoms with Crippen molar-refractivity contribution in [2.75, 3.05) is 26.7 Å². The van der Waals surface area contributed by atoms with Gasteiger partial charge in [0.05, 0.1) is 6.04 Å². The maximum absolute atomic E-state index is 6.26. The van der Waals surface area contributed by atoms with Gasteiger partial charge in [-0.2, -0.15) is 0 Å². The molecule has 1 aromatic heterocycles. The van der Waals surface area contributed by atoms with Crippen LogP contribution in [-0.2, 0) is 0 Å². The number of thiophene rings is 1. The third-order valence-corrected chi connectivity index (χ3v) is 4.73. The van der Waals surface area contributed by atoms with Gasteiger partial charge in [-0.05, 0) is 45.3 Å². The molecule has 18 heavy (non-hydrogen) atoms. The number of rotatable bonds is 3. The predicted octanol–water partition coefficient (Wildman–Crippen LogP) is 2.16. The van der Waals surface area contributed by atoms with Gasteiger partial charge in [-0.25, -0.2) is 0 Å². The van der Waals surface area contributed by atoms with Crippen LogP contribution in [0, 0.1) is 0 Å². The molecule has 102 valence electrons. The molecule has 1 aliphatic heterocycles. The Kier molecular flexibility index (Phi) is 4.78. The van der Waals surface area contributed by atoms with Crippen molar-refractivity contribution in [1.82, 2.24) is 9.80 Å². The quantitative estimate of drug-likeness (QED) is 0.911. The molecule has 2 N–H and O–H groups in total. The Morgan fingerprint density at radius 2 is 2.22 bits per heavy atom. The topological polar surface area (TPSA) is 32.5 Å². The highest BCUT2D eigenvalue weighted by Crippen LogP contribution is 2.30. The van der Waals surface area contributed by atoms with E-state index >= 15 is 0 Å². The highest BCUT2D eigenvalue weighted by Gasteiger charge is 2.30. The molecular formula is C14H25N3S. The fourth-order valence-electron chi connectivity index (χ4n) is 2.99. The van der Waals surface area contributed by atoms with Gasteiger partial charge in [-0.3, -0.25) is 4.90 Å². The van der Waals surface area contributed by atoms with E-state index in [1.54, 1.807) is 0 Å². The van der Waals surface area contributed by atoms with Crippen LogP contribution in [0.25, 0.3) is 0 Å². The Labute approximate surface area is 115 Å². The molecule has 0 aromatic carbocycles. The van der Waals surface area contributed by atoms with Crippen molar-refractivity contribution in [3.63, 3.8) is 0 Å². The average molecular weight is 267 g/mol. The fraction of sp³-hybridized carbons (Fsp3) is 0.714. The van der Waals surface area contributed by atoms with Crippen molar-refractivity contribution in [1.29, 1.82) is 0 Å². The van der Waals surface area contributed by atoms with Crippen LogP contribution in [0.15, 0.2) is 17.5 Å². The lowest BCUT2D eigenvalue weighted by Gasteiger charge is -2.37. The molecule has 3 unspecified atom stereocenters. The maximum atomic E-state index is 6.26. The zero-order valence-electron chi connectivity index (χ0n) is 11.7. The van der Waals surface area contributed by atoms with Gasteiger partial charge in [0, 0.05) is 30.1 Å². The van der Waals surface area contributed by atoms with Crippen LogP contribution in [0.2, 0.25) is 0 Å². The van der Waals surface area contributed by atoms with Crippen LogP contribution >= 0.6 is 11.3 Å². The number of nitrogens with zero attached hydrogens (tertiary/aromatic N) is 2. The van der Waals surface area contributed by atoms with Crippen LogP contribution in [0.4, 0.5) is 0 Å². The van der Waals surface area contributed by atoms with Gasteiger partial charge in [-0.1, -0.05) is 6.07 Å². The molecule has 0 amide bonds. The minimum absolute atomic E-state index is 0.175. The molecule has 1 aromatic rings. The van der Waals surface area contributed by atoms with E-state index in [1.165, 1.54) is 17.8 Å². The normalized spacial score (nSPS) is 26.8. The minimum Gasteiger partial charge on any atom is -0.326 e. The zero-order chi connectivity index (χ0) is 13.1. The summed E-state index contributed by atoms with van der Waals surface area (Å²) in [7, 11) is 2.21. The number of nitrogens with two attached hydrogens (primary N) is 1. The summed E-state index contributed by atoms with van der Waals surface area (Å²) in [5.74, 6) is 0. The van der Waals surface area contributed by atoms with E-state index < -0.39 is 0 Å². The second kappa shape index (κ2) is 6.15. The van der Waals surface area contributed by atoms with Crippen molar-refractivity contribution in [3.8, 4) is 0 Å². The molecule has 0 radical (unpaired) electrons. The van der Waals surface area contributed by atoms with E-state index in [2.05, 4.69) is 48.2 Å². The SMILES string of the molecule is CC(N)C(c1cccs1)N1CCCN(C)CC1C. The number of likely N-dealkylation sites (N-methyl/N-ethyl adjacent to an activating group) is 1. The Morgan fingerprint density at radius 3 is 2.83 bits per heavy atom. The summed E-state index contributed by atoms with van der Waals surface area (Å²) in [5.41, 5.74) is 6.26. The summed E-state index contributed by atoms with van der Waals surface area (Å²) in [6.45, 7) is 7.93. The van der Waals surface area contributed by atoms with Crippen LogP contribution in [0.5, 0.6) is 0 Å². The molecule has 0 saturated carbocycles. The van der Waals surface area contributed by atoms with Crippen LogP contribution in [0.3, 0.4) is 0 Å². The zero-order valence-corrected chi connectivity index (χ0v) is 12.5. The third-order valence-electron chi connectivity index (χ3n) is 3.79. The second-order valence-electron chi connectivity index (χ2n) is 5.52. The summed E-state index contributed by atoms with van der Waals surface area (Å²) in [5, 5.41) is 2.15. The number of hydrogen-bond donors (Lipinski definition) is 1. The van der Waals surface area contributed by atoms with Crippen molar-refractivity contribution in [2.24, 2.45) is 5.73 Å². The van der Waals surface area contributed by atoms with Crippen molar-refractivity contribution in [3.05, 3.63) is 22.4 Å². The van der Waals surface area contributed by atoms with Crippen LogP contribution in [0.1, 0.15) is 31.2 Å². The first kappa shape index (κ1) is 14.0. The molecule has 2 heterocycles. The van der Waals surface area contributed by atoms with Gasteiger partial charge in [-0.15, -0.1) is 11.3 Å². The Balaban J connectivity index is 2.19. The molecular weight excluding hydrogens is 242 g/mol. The summed E-state index contributed by atoms with van der Waals surface area (Å²) in [6.07, 6.45) is 1.23. The first-order valence-corrected chi connectivity index (χ1v) is 7.71. The Bertz CT molecular complexity index is 350. The van der Waals surface area contributed by atoms with Crippen molar-refractivity contribution in [2.45, 2.75) is 38.4 Å². The predicted molar refractivity (Wildman–Crippen MR) is 79.0 cm³/mol. The monoisotopic (exact) mass is 267 g/mol. The first-order chi connectivity index (χ1) is 8.59. The first-order valence-electron chi connectivity index (χ1n) is 6.83. The van der Waals surface area contributed by atoms with Gasteiger partial charge in [0.25, 0.3) is 0 Å². The van der Waals surface area contributed by atoms with Crippen molar-refractivity contribution >= 4 is 11.3 Å². The molecule has 3 nitrogen and oxygen atoms in total. The highest BCUT2D eigenvalue weighted by molar-refractivity contribution is 7.10. The molecule has 1 aliphatic rings. The molecule has 0 aliphatic carbocycles. The van der Waals surface area contributed by atoms with E-state index in [1.807, 2.05) is 11.3 Å². The summed E-state index contributed by atoms with van der Waals surface area (Å²) < 4.78 is 0. The molecule has 1 saturated heterocycles. The maximum Gasteiger partial charge on any atom is 0.0593 e. The second-order valence-corrected chi connectivity index (χ2v) is 6.50. The summed E-state index contributed by atoms with van der Waals surface area (Å²) in [4.78, 5) is 6.43. The average Bonchev–Trinajstić information content (AvgIpc) is 2.74. The molecule has 2 rings (SSSR count). The van der Waals surface area contributed by atoms with Gasteiger partial charge in [0.2, 0.25) is 0 Å². The summed E-state index contributed by atoms with van der Waals surface area (Å²) in [6, 6.07) is 5.46. The molecule has 0 spiro atoms. The van der Waals surface area contributed by atoms with Crippen LogP contribution in [-0.4, -0.2) is 48.6 Å². The molecule has 1 fully saturated rings. The lowest BCUT2D eigenvalue weighted by atomic mass is 10.0. The van der Waals surface area contributed by atoms with Gasteiger partial charge < -0.3 is 10.6 Å². The van der Waals surface area contributed by atoms with E-state index in [4.69, 9.17) is 5.73 Å². The summed E-state index contributed by atoms with van der Waals surface area (Å²) >= 11 is 1.83. The van der Waals surface area contributed by atoms with E-state index in [-0.39, 0.29) is 6.04 Å². The molecule has 3 atom stereocenters.